The van der Waals surface area contributed by atoms with Gasteiger partial charge in [-0.05, 0) is 30.3 Å². The number of nitrogens with one attached hydrogen (secondary N) is 1. The quantitative estimate of drug-likeness (QED) is 0.475. The van der Waals surface area contributed by atoms with Crippen LogP contribution in [0.15, 0.2) is 68.4 Å². The molecule has 5 aromatic rings. The number of aromatic nitrogens is 3. The largest absolute Gasteiger partial charge is 0.462 e. The fourth-order valence-electron chi connectivity index (χ4n) is 3.40. The first-order valence-electron chi connectivity index (χ1n) is 9.39. The van der Waals surface area contributed by atoms with Crippen LogP contribution in [0.4, 0.5) is 10.1 Å². The first kappa shape index (κ1) is 18.7. The van der Waals surface area contributed by atoms with E-state index in [1.807, 2.05) is 0 Å². The summed E-state index contributed by atoms with van der Waals surface area (Å²) in [5, 5.41) is 7.24. The smallest absolute Gasteiger partial charge is 0.278 e. The molecule has 0 spiro atoms. The van der Waals surface area contributed by atoms with Crippen molar-refractivity contribution in [3.63, 3.8) is 0 Å². The maximum Gasteiger partial charge on any atom is 0.278 e. The van der Waals surface area contributed by atoms with Gasteiger partial charge < -0.3 is 14.2 Å². The van der Waals surface area contributed by atoms with Crippen molar-refractivity contribution in [1.82, 2.24) is 14.8 Å². The molecule has 0 atom stereocenters. The minimum Gasteiger partial charge on any atom is -0.462 e. The first-order chi connectivity index (χ1) is 15.0. The summed E-state index contributed by atoms with van der Waals surface area (Å²) in [5.41, 5.74) is 2.17. The van der Waals surface area contributed by atoms with Gasteiger partial charge in [-0.15, -0.1) is 0 Å². The van der Waals surface area contributed by atoms with Gasteiger partial charge in [0.15, 0.2) is 17.1 Å². The van der Waals surface area contributed by atoms with Gasteiger partial charge in [-0.2, -0.15) is 5.10 Å². The average Bonchev–Trinajstić information content (AvgIpc) is 3.36. The molecule has 1 N–H and O–H groups in total. The van der Waals surface area contributed by atoms with Crippen molar-refractivity contribution in [3.05, 3.63) is 76.9 Å². The number of rotatable bonds is 4. The van der Waals surface area contributed by atoms with E-state index in [9.17, 15) is 14.0 Å². The number of carbonyl (C=O) groups excluding carboxylic acids is 1. The summed E-state index contributed by atoms with van der Waals surface area (Å²) in [4.78, 5) is 29.6. The Morgan fingerprint density at radius 3 is 2.90 bits per heavy atom. The normalized spacial score (nSPS) is 11.3. The fraction of sp³-hybridized carbons (Fsp3) is 0.0909. The number of amides is 1. The molecule has 0 radical (unpaired) electrons. The van der Waals surface area contributed by atoms with Crippen LogP contribution < -0.4 is 10.9 Å². The predicted molar refractivity (Wildman–Crippen MR) is 111 cm³/mol. The van der Waals surface area contributed by atoms with Gasteiger partial charge >= 0.3 is 0 Å². The summed E-state index contributed by atoms with van der Waals surface area (Å²) >= 11 is 0. The molecular formula is C22H15FN4O4. The number of hydrogen-bond donors (Lipinski definition) is 1. The number of nitrogens with zero attached hydrogens (tertiary/aromatic N) is 3. The lowest BCUT2D eigenvalue weighted by Gasteiger charge is -2.09. The van der Waals surface area contributed by atoms with Crippen molar-refractivity contribution in [2.75, 3.05) is 5.32 Å². The van der Waals surface area contributed by atoms with E-state index in [1.54, 1.807) is 31.2 Å². The lowest BCUT2D eigenvalue weighted by Crippen LogP contribution is -2.30. The Morgan fingerprint density at radius 2 is 2.06 bits per heavy atom. The number of fused-ring (bicyclic) bond motifs is 2. The van der Waals surface area contributed by atoms with Crippen LogP contribution in [0.3, 0.4) is 0 Å². The molecule has 0 saturated carbocycles. The zero-order chi connectivity index (χ0) is 21.5. The number of halogens is 1. The molecule has 5 rings (SSSR count). The van der Waals surface area contributed by atoms with E-state index >= 15 is 0 Å². The number of furan rings is 1. The Bertz CT molecular complexity index is 1520. The molecule has 154 valence electrons. The third kappa shape index (κ3) is 3.46. The van der Waals surface area contributed by atoms with E-state index in [4.69, 9.17) is 8.83 Å². The SMILES string of the molecule is Cc1nc2ccc(NC(=O)Cn3nc(-c4cccc(F)c4)c4occc4c3=O)cc2o1. The highest BCUT2D eigenvalue weighted by molar-refractivity contribution is 5.93. The highest BCUT2D eigenvalue weighted by atomic mass is 19.1. The zero-order valence-electron chi connectivity index (χ0n) is 16.3. The molecule has 0 unspecified atom stereocenters. The molecular weight excluding hydrogens is 403 g/mol. The van der Waals surface area contributed by atoms with Gasteiger partial charge in [0.05, 0.1) is 11.6 Å². The van der Waals surface area contributed by atoms with Gasteiger partial charge in [0.1, 0.15) is 23.6 Å². The van der Waals surface area contributed by atoms with Crippen molar-refractivity contribution in [1.29, 1.82) is 0 Å². The van der Waals surface area contributed by atoms with Gasteiger partial charge in [-0.25, -0.2) is 14.1 Å². The number of hydrogen-bond acceptors (Lipinski definition) is 6. The summed E-state index contributed by atoms with van der Waals surface area (Å²) in [7, 11) is 0. The lowest BCUT2D eigenvalue weighted by atomic mass is 10.1. The van der Waals surface area contributed by atoms with Crippen molar-refractivity contribution < 1.29 is 18.0 Å². The fourth-order valence-corrected chi connectivity index (χ4v) is 3.40. The minimum atomic E-state index is -0.486. The predicted octanol–water partition coefficient (Wildman–Crippen LogP) is 3.88. The maximum atomic E-state index is 13.7. The van der Waals surface area contributed by atoms with Crippen LogP contribution in [0.2, 0.25) is 0 Å². The summed E-state index contributed by atoms with van der Waals surface area (Å²) in [6, 6.07) is 12.3. The summed E-state index contributed by atoms with van der Waals surface area (Å²) in [6.45, 7) is 1.40. The number of carbonyl (C=O) groups is 1. The Labute approximate surface area is 173 Å². The zero-order valence-corrected chi connectivity index (χ0v) is 16.3. The van der Waals surface area contributed by atoms with Gasteiger partial charge in [0.2, 0.25) is 5.91 Å². The third-order valence-corrected chi connectivity index (χ3v) is 4.74. The molecule has 3 heterocycles. The molecule has 0 aliphatic carbocycles. The van der Waals surface area contributed by atoms with Crippen molar-refractivity contribution in [3.8, 4) is 11.3 Å². The monoisotopic (exact) mass is 418 g/mol. The van der Waals surface area contributed by atoms with E-state index in [1.165, 1.54) is 30.5 Å². The van der Waals surface area contributed by atoms with Crippen LogP contribution in [0.1, 0.15) is 5.89 Å². The van der Waals surface area contributed by atoms with Crippen LogP contribution in [0, 0.1) is 12.7 Å². The van der Waals surface area contributed by atoms with E-state index in [0.717, 1.165) is 4.68 Å². The van der Waals surface area contributed by atoms with Crippen molar-refractivity contribution in [2.24, 2.45) is 0 Å². The molecule has 0 aliphatic heterocycles. The van der Waals surface area contributed by atoms with E-state index < -0.39 is 17.3 Å². The molecule has 1 amide bonds. The van der Waals surface area contributed by atoms with Crippen molar-refractivity contribution in [2.45, 2.75) is 13.5 Å². The molecule has 0 bridgehead atoms. The Kier molecular flexibility index (Phi) is 4.36. The summed E-state index contributed by atoms with van der Waals surface area (Å²) in [5.74, 6) is -0.390. The van der Waals surface area contributed by atoms with Gasteiger partial charge in [-0.1, -0.05) is 12.1 Å². The summed E-state index contributed by atoms with van der Waals surface area (Å²) < 4.78 is 25.6. The number of anilines is 1. The molecule has 2 aromatic carbocycles. The summed E-state index contributed by atoms with van der Waals surface area (Å²) in [6.07, 6.45) is 1.36. The topological polar surface area (TPSA) is 103 Å². The molecule has 0 fully saturated rings. The highest BCUT2D eigenvalue weighted by Crippen LogP contribution is 2.26. The Hall–Kier alpha value is -4.27. The van der Waals surface area contributed by atoms with Crippen LogP contribution in [-0.2, 0) is 11.3 Å². The average molecular weight is 418 g/mol. The van der Waals surface area contributed by atoms with E-state index in [-0.39, 0.29) is 23.2 Å². The van der Waals surface area contributed by atoms with Crippen LogP contribution in [0.25, 0.3) is 33.3 Å². The molecule has 31 heavy (non-hydrogen) atoms. The third-order valence-electron chi connectivity index (χ3n) is 4.74. The molecule has 3 aromatic heterocycles. The van der Waals surface area contributed by atoms with Gasteiger partial charge in [-0.3, -0.25) is 9.59 Å². The van der Waals surface area contributed by atoms with Crippen LogP contribution >= 0.6 is 0 Å². The lowest BCUT2D eigenvalue weighted by molar-refractivity contribution is -0.117. The second-order valence-corrected chi connectivity index (χ2v) is 6.95. The highest BCUT2D eigenvalue weighted by Gasteiger charge is 2.17. The van der Waals surface area contributed by atoms with Crippen molar-refractivity contribution >= 4 is 33.7 Å². The maximum absolute atomic E-state index is 13.7. The second-order valence-electron chi connectivity index (χ2n) is 6.95. The molecule has 8 nitrogen and oxygen atoms in total. The number of benzene rings is 2. The van der Waals surface area contributed by atoms with Crippen LogP contribution in [0.5, 0.6) is 0 Å². The van der Waals surface area contributed by atoms with Gasteiger partial charge in [0, 0.05) is 24.2 Å². The van der Waals surface area contributed by atoms with Gasteiger partial charge in [0.25, 0.3) is 5.56 Å². The number of oxazole rings is 1. The van der Waals surface area contributed by atoms with Crippen LogP contribution in [-0.4, -0.2) is 20.7 Å². The Balaban J connectivity index is 1.48. The van der Waals surface area contributed by atoms with E-state index in [0.29, 0.717) is 28.2 Å². The number of aryl methyl sites for hydroxylation is 1. The molecule has 0 saturated heterocycles. The molecule has 9 heteroatoms. The standard InChI is InChI=1S/C22H15FN4O4/c1-12-24-17-6-5-15(10-18(17)31-12)25-19(28)11-27-22(29)16-7-8-30-21(16)20(26-27)13-3-2-4-14(23)9-13/h2-10H,11H2,1H3,(H,25,28). The van der Waals surface area contributed by atoms with E-state index in [2.05, 4.69) is 15.4 Å². The molecule has 0 aliphatic rings. The minimum absolute atomic E-state index is 0.235. The Morgan fingerprint density at radius 1 is 1.19 bits per heavy atom. The second kappa shape index (κ2) is 7.21. The first-order valence-corrected chi connectivity index (χ1v) is 9.39.